The molecular weight excluding hydrogens is 236 g/mol. The number of nitrogens with zero attached hydrogens (tertiary/aromatic N) is 1. The van der Waals surface area contributed by atoms with Gasteiger partial charge in [0.05, 0.1) is 11.6 Å². The van der Waals surface area contributed by atoms with E-state index in [2.05, 4.69) is 49.9 Å². The molecular formula is C16H26N2O. The van der Waals surface area contributed by atoms with Crippen LogP contribution in [0.2, 0.25) is 0 Å². The fourth-order valence-corrected chi connectivity index (χ4v) is 3.20. The Morgan fingerprint density at radius 2 is 2.05 bits per heavy atom. The number of hydrogen-bond acceptors (Lipinski definition) is 3. The Bertz CT molecular complexity index is 404. The van der Waals surface area contributed by atoms with Crippen LogP contribution in [0.5, 0.6) is 0 Å². The van der Waals surface area contributed by atoms with Gasteiger partial charge in [-0.2, -0.15) is 0 Å². The molecule has 0 bridgehead atoms. The summed E-state index contributed by atoms with van der Waals surface area (Å²) in [6, 6.07) is 8.75. The van der Waals surface area contributed by atoms with Gasteiger partial charge < -0.3 is 15.4 Å². The van der Waals surface area contributed by atoms with Crippen molar-refractivity contribution in [1.29, 1.82) is 0 Å². The summed E-state index contributed by atoms with van der Waals surface area (Å²) in [4.78, 5) is 2.46. The Labute approximate surface area is 116 Å². The Kier molecular flexibility index (Phi) is 4.48. The maximum atomic E-state index is 6.15. The van der Waals surface area contributed by atoms with Crippen LogP contribution in [0.1, 0.15) is 32.3 Å². The molecule has 1 heterocycles. The fourth-order valence-electron chi connectivity index (χ4n) is 3.20. The van der Waals surface area contributed by atoms with Crippen LogP contribution in [0.25, 0.3) is 0 Å². The van der Waals surface area contributed by atoms with Gasteiger partial charge in [0.1, 0.15) is 0 Å². The van der Waals surface area contributed by atoms with Crippen LogP contribution in [-0.4, -0.2) is 31.3 Å². The van der Waals surface area contributed by atoms with Gasteiger partial charge in [0.2, 0.25) is 0 Å². The van der Waals surface area contributed by atoms with Crippen molar-refractivity contribution in [1.82, 2.24) is 0 Å². The number of likely N-dealkylation sites (N-methyl/N-ethyl adjacent to an activating group) is 1. The molecule has 3 nitrogen and oxygen atoms in total. The van der Waals surface area contributed by atoms with Crippen LogP contribution in [0.4, 0.5) is 5.69 Å². The van der Waals surface area contributed by atoms with E-state index in [0.717, 1.165) is 26.0 Å². The quantitative estimate of drug-likeness (QED) is 0.906. The van der Waals surface area contributed by atoms with Crippen molar-refractivity contribution in [2.75, 3.05) is 24.6 Å². The number of hydrogen-bond donors (Lipinski definition) is 1. The molecule has 0 amide bonds. The third-order valence-electron chi connectivity index (χ3n) is 4.25. The smallest absolute Gasteiger partial charge is 0.0570 e. The van der Waals surface area contributed by atoms with Crippen LogP contribution in [0.15, 0.2) is 24.3 Å². The Morgan fingerprint density at radius 3 is 2.58 bits per heavy atom. The number of anilines is 1. The lowest BCUT2D eigenvalue weighted by molar-refractivity contribution is -0.00738. The number of rotatable bonds is 4. The molecule has 1 aliphatic heterocycles. The highest BCUT2D eigenvalue weighted by atomic mass is 16.5. The van der Waals surface area contributed by atoms with Gasteiger partial charge in [0.25, 0.3) is 0 Å². The van der Waals surface area contributed by atoms with Crippen molar-refractivity contribution < 1.29 is 4.74 Å². The second-order valence-electron chi connectivity index (χ2n) is 5.64. The lowest BCUT2D eigenvalue weighted by Crippen LogP contribution is -2.58. The lowest BCUT2D eigenvalue weighted by Gasteiger charge is -2.48. The van der Waals surface area contributed by atoms with Crippen LogP contribution >= 0.6 is 0 Å². The summed E-state index contributed by atoms with van der Waals surface area (Å²) in [6.07, 6.45) is 2.30. The molecule has 106 valence electrons. The molecule has 2 rings (SSSR count). The highest BCUT2D eigenvalue weighted by Crippen LogP contribution is 2.34. The molecule has 0 radical (unpaired) electrons. The largest absolute Gasteiger partial charge is 0.378 e. The third-order valence-corrected chi connectivity index (χ3v) is 4.25. The van der Waals surface area contributed by atoms with E-state index in [1.54, 1.807) is 0 Å². The average Bonchev–Trinajstić information content (AvgIpc) is 2.42. The van der Waals surface area contributed by atoms with Crippen molar-refractivity contribution >= 4 is 5.69 Å². The van der Waals surface area contributed by atoms with E-state index in [1.807, 2.05) is 0 Å². The van der Waals surface area contributed by atoms with Crippen molar-refractivity contribution in [3.63, 3.8) is 0 Å². The van der Waals surface area contributed by atoms with Crippen LogP contribution in [0.3, 0.4) is 0 Å². The van der Waals surface area contributed by atoms with Gasteiger partial charge in [-0.3, -0.25) is 0 Å². The molecule has 0 aliphatic carbocycles. The summed E-state index contributed by atoms with van der Waals surface area (Å²) in [5, 5.41) is 0. The van der Waals surface area contributed by atoms with Gasteiger partial charge in [0.15, 0.2) is 0 Å². The van der Waals surface area contributed by atoms with Gasteiger partial charge >= 0.3 is 0 Å². The van der Waals surface area contributed by atoms with Gasteiger partial charge in [-0.25, -0.2) is 0 Å². The van der Waals surface area contributed by atoms with Crippen molar-refractivity contribution in [3.05, 3.63) is 29.8 Å². The molecule has 3 heteroatoms. The molecule has 0 saturated carbocycles. The molecule has 1 saturated heterocycles. The summed E-state index contributed by atoms with van der Waals surface area (Å²) in [7, 11) is 0. The second-order valence-corrected chi connectivity index (χ2v) is 5.64. The summed E-state index contributed by atoms with van der Waals surface area (Å²) >= 11 is 0. The SMILES string of the molecule is CCN(c1ccc(C)cc1)C1(CN)CCOC(C)C1. The van der Waals surface area contributed by atoms with E-state index in [-0.39, 0.29) is 11.6 Å². The van der Waals surface area contributed by atoms with E-state index < -0.39 is 0 Å². The average molecular weight is 262 g/mol. The number of nitrogens with two attached hydrogens (primary N) is 1. The van der Waals surface area contributed by atoms with E-state index in [0.29, 0.717) is 6.54 Å². The van der Waals surface area contributed by atoms with Crippen molar-refractivity contribution in [2.24, 2.45) is 5.73 Å². The minimum Gasteiger partial charge on any atom is -0.378 e. The Morgan fingerprint density at radius 1 is 1.37 bits per heavy atom. The summed E-state index contributed by atoms with van der Waals surface area (Å²) in [5.74, 6) is 0. The maximum Gasteiger partial charge on any atom is 0.0570 e. The molecule has 1 aromatic rings. The first-order valence-electron chi connectivity index (χ1n) is 7.27. The summed E-state index contributed by atoms with van der Waals surface area (Å²) in [5.41, 5.74) is 8.75. The van der Waals surface area contributed by atoms with E-state index in [9.17, 15) is 0 Å². The maximum absolute atomic E-state index is 6.15. The predicted molar refractivity (Wildman–Crippen MR) is 80.6 cm³/mol. The summed E-state index contributed by atoms with van der Waals surface area (Å²) < 4.78 is 5.70. The first kappa shape index (κ1) is 14.4. The zero-order valence-corrected chi connectivity index (χ0v) is 12.4. The first-order chi connectivity index (χ1) is 9.11. The molecule has 19 heavy (non-hydrogen) atoms. The molecule has 1 fully saturated rings. The first-order valence-corrected chi connectivity index (χ1v) is 7.27. The van der Waals surface area contributed by atoms with Gasteiger partial charge in [-0.05, 0) is 45.7 Å². The zero-order valence-electron chi connectivity index (χ0n) is 12.4. The lowest BCUT2D eigenvalue weighted by atomic mass is 9.84. The standard InChI is InChI=1S/C16H26N2O/c1-4-18(15-7-5-13(2)6-8-15)16(12-17)9-10-19-14(3)11-16/h5-8,14H,4,9-12,17H2,1-3H3. The molecule has 2 unspecified atom stereocenters. The van der Waals surface area contributed by atoms with E-state index in [1.165, 1.54) is 11.3 Å². The third kappa shape index (κ3) is 2.93. The minimum absolute atomic E-state index is 0.0433. The number of aryl methyl sites for hydroxylation is 1. The molecule has 0 aromatic heterocycles. The van der Waals surface area contributed by atoms with Crippen molar-refractivity contribution in [2.45, 2.75) is 45.3 Å². The molecule has 1 aromatic carbocycles. The number of ether oxygens (including phenoxy) is 1. The predicted octanol–water partition coefficient (Wildman–Crippen LogP) is 2.72. The summed E-state index contributed by atoms with van der Waals surface area (Å²) in [6.45, 7) is 8.94. The van der Waals surface area contributed by atoms with Crippen LogP contribution in [0, 0.1) is 6.92 Å². The molecule has 2 N–H and O–H groups in total. The Hall–Kier alpha value is -1.06. The van der Waals surface area contributed by atoms with E-state index >= 15 is 0 Å². The van der Waals surface area contributed by atoms with Crippen LogP contribution in [-0.2, 0) is 4.74 Å². The molecule has 0 spiro atoms. The van der Waals surface area contributed by atoms with Gasteiger partial charge in [-0.15, -0.1) is 0 Å². The highest BCUT2D eigenvalue weighted by molar-refractivity contribution is 5.50. The van der Waals surface area contributed by atoms with Crippen molar-refractivity contribution in [3.8, 4) is 0 Å². The fraction of sp³-hybridized carbons (Fsp3) is 0.625. The highest BCUT2D eigenvalue weighted by Gasteiger charge is 2.39. The van der Waals surface area contributed by atoms with Gasteiger partial charge in [0, 0.05) is 25.4 Å². The zero-order chi connectivity index (χ0) is 13.9. The topological polar surface area (TPSA) is 38.5 Å². The monoisotopic (exact) mass is 262 g/mol. The van der Waals surface area contributed by atoms with Crippen LogP contribution < -0.4 is 10.6 Å². The normalized spacial score (nSPS) is 27.3. The molecule has 1 aliphatic rings. The molecule has 2 atom stereocenters. The number of benzene rings is 1. The van der Waals surface area contributed by atoms with E-state index in [4.69, 9.17) is 10.5 Å². The minimum atomic E-state index is 0.0433. The Balaban J connectivity index is 2.30. The second kappa shape index (κ2) is 5.93. The van der Waals surface area contributed by atoms with Gasteiger partial charge in [-0.1, -0.05) is 17.7 Å².